The lowest BCUT2D eigenvalue weighted by Crippen LogP contribution is -1.98. The molecule has 0 amide bonds. The molecular weight excluding hydrogens is 264 g/mol. The molecule has 3 heteroatoms. The van der Waals surface area contributed by atoms with E-state index < -0.39 is 0 Å². The van der Waals surface area contributed by atoms with E-state index >= 15 is 0 Å². The molecule has 1 aliphatic heterocycles. The van der Waals surface area contributed by atoms with Gasteiger partial charge < -0.3 is 4.74 Å². The molecule has 0 N–H and O–H groups in total. The van der Waals surface area contributed by atoms with E-state index in [1.807, 2.05) is 12.4 Å². The van der Waals surface area contributed by atoms with Crippen molar-refractivity contribution in [3.05, 3.63) is 34.9 Å². The summed E-state index contributed by atoms with van der Waals surface area (Å²) in [6, 6.07) is 0. The third-order valence-electron chi connectivity index (χ3n) is 3.59. The Balaban J connectivity index is 2.18. The van der Waals surface area contributed by atoms with E-state index in [1.54, 1.807) is 0 Å². The molecule has 0 aromatic heterocycles. The Kier molecular flexibility index (Phi) is 8.41. The second kappa shape index (κ2) is 10.1. The lowest BCUT2D eigenvalue weighted by atomic mass is 10.0. The van der Waals surface area contributed by atoms with Crippen molar-refractivity contribution in [3.8, 4) is 0 Å². The zero-order valence-corrected chi connectivity index (χ0v) is 13.1. The molecule has 0 bridgehead atoms. The molecule has 1 rings (SSSR count). The van der Waals surface area contributed by atoms with Crippen molar-refractivity contribution >= 4 is 12.3 Å². The number of ether oxygens (including phenoxy) is 1. The van der Waals surface area contributed by atoms with Gasteiger partial charge in [0, 0.05) is 12.0 Å². The van der Waals surface area contributed by atoms with Gasteiger partial charge in [0.1, 0.15) is 6.61 Å². The van der Waals surface area contributed by atoms with Crippen LogP contribution < -0.4 is 0 Å². The topological polar surface area (TPSA) is 43.4 Å². The van der Waals surface area contributed by atoms with Crippen molar-refractivity contribution in [1.29, 1.82) is 0 Å². The SMILES string of the molecule is C/C(=C\CCC1=CCOC1=O)CC/C=C(\C)CCC[C]=O. The molecular formula is C18H25O3. The molecule has 115 valence electrons. The molecule has 1 aliphatic rings. The molecule has 0 aromatic rings. The number of hydrogen-bond acceptors (Lipinski definition) is 3. The molecule has 0 fully saturated rings. The zero-order chi connectivity index (χ0) is 15.5. The van der Waals surface area contributed by atoms with Gasteiger partial charge in [0.05, 0.1) is 0 Å². The fraction of sp³-hybridized carbons (Fsp3) is 0.556. The van der Waals surface area contributed by atoms with Crippen molar-refractivity contribution in [2.75, 3.05) is 6.61 Å². The van der Waals surface area contributed by atoms with E-state index in [1.165, 1.54) is 11.1 Å². The van der Waals surface area contributed by atoms with Gasteiger partial charge >= 0.3 is 5.97 Å². The zero-order valence-electron chi connectivity index (χ0n) is 13.1. The maximum atomic E-state index is 11.3. The van der Waals surface area contributed by atoms with E-state index in [9.17, 15) is 9.59 Å². The number of unbranched alkanes of at least 4 members (excludes halogenated alkanes) is 1. The van der Waals surface area contributed by atoms with Crippen LogP contribution in [0, 0.1) is 0 Å². The summed E-state index contributed by atoms with van der Waals surface area (Å²) in [6.45, 7) is 4.68. The molecule has 21 heavy (non-hydrogen) atoms. The summed E-state index contributed by atoms with van der Waals surface area (Å²) in [5, 5.41) is 0. The van der Waals surface area contributed by atoms with Crippen molar-refractivity contribution in [2.45, 2.75) is 58.8 Å². The molecule has 0 saturated heterocycles. The normalized spacial score (nSPS) is 15.9. The predicted octanol–water partition coefficient (Wildman–Crippen LogP) is 4.20. The monoisotopic (exact) mass is 289 g/mol. The molecule has 0 atom stereocenters. The van der Waals surface area contributed by atoms with E-state index in [-0.39, 0.29) is 5.97 Å². The highest BCUT2D eigenvalue weighted by atomic mass is 16.5. The maximum absolute atomic E-state index is 11.3. The summed E-state index contributed by atoms with van der Waals surface area (Å²) < 4.78 is 4.87. The second-order valence-electron chi connectivity index (χ2n) is 5.50. The standard InChI is InChI=1S/C18H25O3/c1-15(7-3-4-13-19)8-5-9-16(2)10-6-11-17-12-14-21-18(17)20/h8,10,12H,3-7,9,11,14H2,1-2H3/b15-8+,16-10+. The Bertz CT molecular complexity index is 441. The predicted molar refractivity (Wildman–Crippen MR) is 84.6 cm³/mol. The van der Waals surface area contributed by atoms with Gasteiger partial charge in [0.2, 0.25) is 0 Å². The van der Waals surface area contributed by atoms with Crippen molar-refractivity contribution in [2.24, 2.45) is 0 Å². The number of carbonyl (C=O) groups excluding carboxylic acids is 2. The van der Waals surface area contributed by atoms with Crippen molar-refractivity contribution < 1.29 is 14.3 Å². The smallest absolute Gasteiger partial charge is 0.334 e. The van der Waals surface area contributed by atoms with Crippen LogP contribution in [0.3, 0.4) is 0 Å². The molecule has 0 aliphatic carbocycles. The number of rotatable bonds is 10. The van der Waals surface area contributed by atoms with Gasteiger partial charge in [-0.3, -0.25) is 4.79 Å². The summed E-state index contributed by atoms with van der Waals surface area (Å²) in [4.78, 5) is 21.4. The van der Waals surface area contributed by atoms with E-state index in [0.717, 1.165) is 44.1 Å². The number of esters is 1. The molecule has 0 saturated carbocycles. The summed E-state index contributed by atoms with van der Waals surface area (Å²) in [5.41, 5.74) is 3.51. The number of hydrogen-bond donors (Lipinski definition) is 0. The van der Waals surface area contributed by atoms with E-state index in [4.69, 9.17) is 4.74 Å². The summed E-state index contributed by atoms with van der Waals surface area (Å²) in [6.07, 6.45) is 14.4. The highest BCUT2D eigenvalue weighted by molar-refractivity contribution is 5.90. The first kappa shape index (κ1) is 17.4. The van der Waals surface area contributed by atoms with Gasteiger partial charge in [-0.05, 0) is 58.4 Å². The minimum Gasteiger partial charge on any atom is -0.458 e. The van der Waals surface area contributed by atoms with Crippen molar-refractivity contribution in [3.63, 3.8) is 0 Å². The molecule has 0 unspecified atom stereocenters. The van der Waals surface area contributed by atoms with Crippen LogP contribution in [0.15, 0.2) is 34.9 Å². The summed E-state index contributed by atoms with van der Waals surface area (Å²) in [5.74, 6) is -0.160. The quantitative estimate of drug-likeness (QED) is 0.344. The highest BCUT2D eigenvalue weighted by Gasteiger charge is 2.14. The molecule has 1 heterocycles. The van der Waals surface area contributed by atoms with Crippen molar-refractivity contribution in [1.82, 2.24) is 0 Å². The molecule has 3 nitrogen and oxygen atoms in total. The Morgan fingerprint density at radius 2 is 1.95 bits per heavy atom. The molecule has 0 spiro atoms. The van der Waals surface area contributed by atoms with Crippen LogP contribution in [0.5, 0.6) is 0 Å². The fourth-order valence-electron chi connectivity index (χ4n) is 2.26. The third kappa shape index (κ3) is 7.64. The van der Waals surface area contributed by atoms with Gasteiger partial charge in [-0.25, -0.2) is 4.79 Å². The average Bonchev–Trinajstić information content (AvgIpc) is 2.85. The summed E-state index contributed by atoms with van der Waals surface area (Å²) >= 11 is 0. The van der Waals surface area contributed by atoms with Gasteiger partial charge in [0.15, 0.2) is 6.29 Å². The van der Waals surface area contributed by atoms with Gasteiger partial charge in [-0.2, -0.15) is 0 Å². The van der Waals surface area contributed by atoms with E-state index in [2.05, 4.69) is 26.0 Å². The Morgan fingerprint density at radius 3 is 2.62 bits per heavy atom. The lowest BCUT2D eigenvalue weighted by Gasteiger charge is -2.02. The number of carbonyl (C=O) groups is 1. The van der Waals surface area contributed by atoms with Crippen LogP contribution in [-0.2, 0) is 14.3 Å². The highest BCUT2D eigenvalue weighted by Crippen LogP contribution is 2.16. The first-order chi connectivity index (χ1) is 10.1. The Hall–Kier alpha value is -1.64. The first-order valence-corrected chi connectivity index (χ1v) is 7.66. The van der Waals surface area contributed by atoms with E-state index in [0.29, 0.717) is 13.0 Å². The van der Waals surface area contributed by atoms with Gasteiger partial charge in [0.25, 0.3) is 0 Å². The first-order valence-electron chi connectivity index (χ1n) is 7.66. The lowest BCUT2D eigenvalue weighted by molar-refractivity contribution is -0.136. The molecule has 1 radical (unpaired) electrons. The molecule has 0 aromatic carbocycles. The minimum absolute atomic E-state index is 0.160. The van der Waals surface area contributed by atoms with Crippen LogP contribution in [0.25, 0.3) is 0 Å². The number of cyclic esters (lactones) is 1. The fourth-order valence-corrected chi connectivity index (χ4v) is 2.26. The third-order valence-corrected chi connectivity index (χ3v) is 3.59. The van der Waals surface area contributed by atoms with Gasteiger partial charge in [-0.1, -0.05) is 23.3 Å². The minimum atomic E-state index is -0.160. The average molecular weight is 289 g/mol. The number of allylic oxidation sites excluding steroid dienone is 4. The maximum Gasteiger partial charge on any atom is 0.334 e. The van der Waals surface area contributed by atoms with Crippen LogP contribution in [0.4, 0.5) is 0 Å². The Morgan fingerprint density at radius 1 is 1.24 bits per heavy atom. The van der Waals surface area contributed by atoms with Gasteiger partial charge in [-0.15, -0.1) is 0 Å². The van der Waals surface area contributed by atoms with Crippen LogP contribution in [-0.4, -0.2) is 18.9 Å². The largest absolute Gasteiger partial charge is 0.458 e. The second-order valence-corrected chi connectivity index (χ2v) is 5.50. The Labute approximate surface area is 127 Å². The van der Waals surface area contributed by atoms with Crippen LogP contribution >= 0.6 is 0 Å². The summed E-state index contributed by atoms with van der Waals surface area (Å²) in [7, 11) is 0. The van der Waals surface area contributed by atoms with Crippen LogP contribution in [0.2, 0.25) is 0 Å². The van der Waals surface area contributed by atoms with Crippen LogP contribution in [0.1, 0.15) is 58.8 Å².